The van der Waals surface area contributed by atoms with Gasteiger partial charge in [0, 0.05) is 28.4 Å². The highest BCUT2D eigenvalue weighted by Crippen LogP contribution is 2.29. The lowest BCUT2D eigenvalue weighted by Gasteiger charge is -2.19. The molecule has 0 saturated heterocycles. The van der Waals surface area contributed by atoms with Crippen molar-refractivity contribution in [2.75, 3.05) is 12.9 Å². The van der Waals surface area contributed by atoms with E-state index < -0.39 is 0 Å². The quantitative estimate of drug-likeness (QED) is 0.444. The SMILES string of the molecule is CSc1ccc(/C=C2/CCc3cc(OCCn4ccnc4)ccc3C2=O)cc1. The minimum Gasteiger partial charge on any atom is -0.492 e. The molecule has 3 aromatic rings. The van der Waals surface area contributed by atoms with Gasteiger partial charge in [0.2, 0.25) is 0 Å². The molecule has 142 valence electrons. The molecule has 0 N–H and O–H groups in total. The number of nitrogens with zero attached hydrogens (tertiary/aromatic N) is 2. The average molecular weight is 391 g/mol. The highest BCUT2D eigenvalue weighted by atomic mass is 32.2. The zero-order valence-electron chi connectivity index (χ0n) is 15.8. The summed E-state index contributed by atoms with van der Waals surface area (Å²) >= 11 is 1.72. The number of allylic oxidation sites excluding steroid dienone is 1. The molecule has 0 atom stereocenters. The van der Waals surface area contributed by atoms with Crippen LogP contribution in [0.25, 0.3) is 6.08 Å². The van der Waals surface area contributed by atoms with Gasteiger partial charge in [-0.05, 0) is 66.6 Å². The van der Waals surface area contributed by atoms with Gasteiger partial charge in [0.1, 0.15) is 12.4 Å². The maximum atomic E-state index is 12.9. The van der Waals surface area contributed by atoms with Gasteiger partial charge in [-0.15, -0.1) is 11.8 Å². The van der Waals surface area contributed by atoms with Crippen molar-refractivity contribution in [2.24, 2.45) is 0 Å². The summed E-state index contributed by atoms with van der Waals surface area (Å²) in [7, 11) is 0. The Bertz CT molecular complexity index is 992. The number of benzene rings is 2. The van der Waals surface area contributed by atoms with E-state index in [1.54, 1.807) is 24.3 Å². The van der Waals surface area contributed by atoms with Crippen LogP contribution in [0.5, 0.6) is 5.75 Å². The van der Waals surface area contributed by atoms with Crippen LogP contribution in [0.1, 0.15) is 27.9 Å². The Hall–Kier alpha value is -2.79. The normalized spacial score (nSPS) is 14.9. The summed E-state index contributed by atoms with van der Waals surface area (Å²) in [5, 5.41) is 0. The second-order valence-corrected chi connectivity index (χ2v) is 7.62. The average Bonchev–Trinajstić information content (AvgIpc) is 3.24. The van der Waals surface area contributed by atoms with Crippen molar-refractivity contribution in [3.63, 3.8) is 0 Å². The van der Waals surface area contributed by atoms with Crippen molar-refractivity contribution in [3.8, 4) is 5.75 Å². The summed E-state index contributed by atoms with van der Waals surface area (Å²) in [6.07, 6.45) is 11.1. The number of imidazole rings is 1. The smallest absolute Gasteiger partial charge is 0.189 e. The van der Waals surface area contributed by atoms with E-state index in [4.69, 9.17) is 4.74 Å². The fraction of sp³-hybridized carbons (Fsp3) is 0.217. The van der Waals surface area contributed by atoms with Crippen LogP contribution in [-0.4, -0.2) is 28.2 Å². The van der Waals surface area contributed by atoms with Gasteiger partial charge in [-0.1, -0.05) is 12.1 Å². The third kappa shape index (κ3) is 4.20. The molecular weight excluding hydrogens is 368 g/mol. The van der Waals surface area contributed by atoms with Crippen LogP contribution in [0.15, 0.2) is 71.7 Å². The fourth-order valence-electron chi connectivity index (χ4n) is 3.37. The number of ether oxygens (including phenoxy) is 1. The number of hydrogen-bond acceptors (Lipinski definition) is 4. The predicted molar refractivity (Wildman–Crippen MR) is 113 cm³/mol. The Balaban J connectivity index is 1.45. The van der Waals surface area contributed by atoms with Gasteiger partial charge in [0.25, 0.3) is 0 Å². The number of aromatic nitrogens is 2. The molecule has 0 aliphatic heterocycles. The molecule has 0 spiro atoms. The van der Waals surface area contributed by atoms with E-state index in [0.717, 1.165) is 47.4 Å². The van der Waals surface area contributed by atoms with Gasteiger partial charge in [-0.2, -0.15) is 0 Å². The maximum absolute atomic E-state index is 12.9. The molecule has 1 heterocycles. The third-order valence-corrected chi connectivity index (χ3v) is 5.65. The highest BCUT2D eigenvalue weighted by Gasteiger charge is 2.22. The summed E-state index contributed by atoms with van der Waals surface area (Å²) in [6.45, 7) is 1.32. The molecule has 0 radical (unpaired) electrons. The third-order valence-electron chi connectivity index (χ3n) is 4.91. The first-order valence-corrected chi connectivity index (χ1v) is 10.6. The van der Waals surface area contributed by atoms with Crippen LogP contribution < -0.4 is 4.74 Å². The molecular formula is C23H22N2O2S. The Morgan fingerprint density at radius 3 is 2.79 bits per heavy atom. The predicted octanol–water partition coefficient (Wildman–Crippen LogP) is 4.90. The van der Waals surface area contributed by atoms with Gasteiger partial charge >= 0.3 is 0 Å². The molecule has 28 heavy (non-hydrogen) atoms. The number of aryl methyl sites for hydroxylation is 1. The number of carbonyl (C=O) groups excluding carboxylic acids is 1. The topological polar surface area (TPSA) is 44.1 Å². The minimum absolute atomic E-state index is 0.125. The lowest BCUT2D eigenvalue weighted by Crippen LogP contribution is -2.14. The number of rotatable bonds is 6. The Morgan fingerprint density at radius 2 is 2.04 bits per heavy atom. The number of carbonyl (C=O) groups is 1. The molecule has 1 aromatic heterocycles. The Kier molecular flexibility index (Phi) is 5.63. The van der Waals surface area contributed by atoms with Crippen LogP contribution in [-0.2, 0) is 13.0 Å². The van der Waals surface area contributed by atoms with Gasteiger partial charge < -0.3 is 9.30 Å². The fourth-order valence-corrected chi connectivity index (χ4v) is 3.78. The zero-order valence-corrected chi connectivity index (χ0v) is 16.6. The molecule has 0 bridgehead atoms. The summed E-state index contributed by atoms with van der Waals surface area (Å²) in [6, 6.07) is 14.1. The number of thioether (sulfide) groups is 1. The highest BCUT2D eigenvalue weighted by molar-refractivity contribution is 7.98. The molecule has 0 unspecified atom stereocenters. The number of ketones is 1. The standard InChI is InChI=1S/C23H22N2O2S/c1-28-21-7-2-17(3-8-21)14-19-5-4-18-15-20(6-9-22(18)23(19)26)27-13-12-25-11-10-24-16-25/h2-3,6-11,14-16H,4-5,12-13H2,1H3/b19-14-. The van der Waals surface area contributed by atoms with E-state index >= 15 is 0 Å². The van der Waals surface area contributed by atoms with E-state index in [2.05, 4.69) is 35.5 Å². The minimum atomic E-state index is 0.125. The van der Waals surface area contributed by atoms with Gasteiger partial charge in [-0.25, -0.2) is 4.98 Å². The first kappa shape index (κ1) is 18.6. The van der Waals surface area contributed by atoms with E-state index in [0.29, 0.717) is 6.61 Å². The monoisotopic (exact) mass is 390 g/mol. The largest absolute Gasteiger partial charge is 0.492 e. The van der Waals surface area contributed by atoms with E-state index in [1.165, 1.54) is 4.90 Å². The van der Waals surface area contributed by atoms with Gasteiger partial charge in [0.15, 0.2) is 5.78 Å². The molecule has 2 aromatic carbocycles. The molecule has 4 nitrogen and oxygen atoms in total. The first-order chi connectivity index (χ1) is 13.7. The van der Waals surface area contributed by atoms with Crippen molar-refractivity contribution in [3.05, 3.63) is 83.4 Å². The second kappa shape index (κ2) is 8.48. The Morgan fingerprint density at radius 1 is 1.18 bits per heavy atom. The summed E-state index contributed by atoms with van der Waals surface area (Å²) < 4.78 is 7.83. The van der Waals surface area contributed by atoms with Gasteiger partial charge in [0.05, 0.1) is 12.9 Å². The molecule has 0 amide bonds. The summed E-state index contributed by atoms with van der Waals surface area (Å²) in [4.78, 5) is 18.1. The van der Waals surface area contributed by atoms with Crippen LogP contribution in [0.4, 0.5) is 0 Å². The summed E-state index contributed by atoms with van der Waals surface area (Å²) in [5.74, 6) is 0.937. The first-order valence-electron chi connectivity index (χ1n) is 9.34. The van der Waals surface area contributed by atoms with E-state index in [1.807, 2.05) is 35.0 Å². The summed E-state index contributed by atoms with van der Waals surface area (Å²) in [5.41, 5.74) is 3.81. The molecule has 4 rings (SSSR count). The zero-order chi connectivity index (χ0) is 19.3. The lowest BCUT2D eigenvalue weighted by atomic mass is 9.86. The van der Waals surface area contributed by atoms with Crippen LogP contribution in [0.2, 0.25) is 0 Å². The molecule has 1 aliphatic carbocycles. The van der Waals surface area contributed by atoms with Crippen LogP contribution in [0, 0.1) is 0 Å². The van der Waals surface area contributed by atoms with E-state index in [-0.39, 0.29) is 5.78 Å². The number of hydrogen-bond donors (Lipinski definition) is 0. The molecule has 5 heteroatoms. The number of Topliss-reactive ketones (excluding diaryl/α,β-unsaturated/α-hetero) is 1. The van der Waals surface area contributed by atoms with Crippen molar-refractivity contribution in [1.82, 2.24) is 9.55 Å². The lowest BCUT2D eigenvalue weighted by molar-refractivity contribution is 0.102. The van der Waals surface area contributed by atoms with Crippen molar-refractivity contribution >= 4 is 23.6 Å². The Labute approximate surface area is 169 Å². The van der Waals surface area contributed by atoms with Crippen molar-refractivity contribution < 1.29 is 9.53 Å². The van der Waals surface area contributed by atoms with Crippen LogP contribution >= 0.6 is 11.8 Å². The van der Waals surface area contributed by atoms with Crippen molar-refractivity contribution in [2.45, 2.75) is 24.3 Å². The van der Waals surface area contributed by atoms with Crippen LogP contribution in [0.3, 0.4) is 0 Å². The second-order valence-electron chi connectivity index (χ2n) is 6.74. The van der Waals surface area contributed by atoms with E-state index in [9.17, 15) is 4.79 Å². The maximum Gasteiger partial charge on any atom is 0.189 e. The number of fused-ring (bicyclic) bond motifs is 1. The molecule has 0 fully saturated rings. The van der Waals surface area contributed by atoms with Crippen molar-refractivity contribution in [1.29, 1.82) is 0 Å². The molecule has 1 aliphatic rings. The van der Waals surface area contributed by atoms with Gasteiger partial charge in [-0.3, -0.25) is 4.79 Å². The molecule has 0 saturated carbocycles.